The number of aromatic hydroxyl groups is 1. The number of nitrogens with zero attached hydrogens (tertiary/aromatic N) is 1. The molecule has 1 aromatic rings. The first-order valence-corrected chi connectivity index (χ1v) is 7.17. The van der Waals surface area contributed by atoms with Crippen LogP contribution in [-0.2, 0) is 11.8 Å². The summed E-state index contributed by atoms with van der Waals surface area (Å²) in [6.45, 7) is 5.13. The average molecular weight is 261 g/mol. The van der Waals surface area contributed by atoms with E-state index >= 15 is 0 Å². The minimum absolute atomic E-state index is 0.165. The second-order valence-electron chi connectivity index (χ2n) is 6.38. The zero-order valence-electron chi connectivity index (χ0n) is 12.0. The topological polar surface area (TPSA) is 43.7 Å². The second kappa shape index (κ2) is 3.97. The Bertz CT molecular complexity index is 511. The predicted octanol–water partition coefficient (Wildman–Crippen LogP) is 2.05. The van der Waals surface area contributed by atoms with Crippen molar-refractivity contribution >= 4 is 0 Å². The van der Waals surface area contributed by atoms with Crippen molar-refractivity contribution in [2.75, 3.05) is 13.6 Å². The first kappa shape index (κ1) is 12.9. The molecule has 0 unspecified atom stereocenters. The van der Waals surface area contributed by atoms with Crippen LogP contribution in [0.4, 0.5) is 0 Å². The molecule has 1 aliphatic heterocycles. The molecule has 3 rings (SSSR count). The smallest absolute Gasteiger partial charge is 0.115 e. The van der Waals surface area contributed by atoms with Crippen molar-refractivity contribution in [3.05, 3.63) is 29.3 Å². The minimum atomic E-state index is -0.741. The summed E-state index contributed by atoms with van der Waals surface area (Å²) in [6, 6.07) is 5.82. The van der Waals surface area contributed by atoms with E-state index < -0.39 is 5.60 Å². The Balaban J connectivity index is 2.25. The van der Waals surface area contributed by atoms with E-state index in [1.807, 2.05) is 19.1 Å². The van der Waals surface area contributed by atoms with Gasteiger partial charge in [0, 0.05) is 11.5 Å². The van der Waals surface area contributed by atoms with E-state index in [4.69, 9.17) is 0 Å². The van der Waals surface area contributed by atoms with E-state index in [1.165, 1.54) is 5.56 Å². The van der Waals surface area contributed by atoms with Crippen molar-refractivity contribution in [2.45, 2.75) is 50.2 Å². The SMILES string of the molecule is CC[C@]12CCN(C)[C@@H](Cc3ccc(O)cc31)[C@@]2(C)O. The zero-order valence-corrected chi connectivity index (χ0v) is 12.0. The molecule has 3 nitrogen and oxygen atoms in total. The summed E-state index contributed by atoms with van der Waals surface area (Å²) >= 11 is 0. The molecule has 0 saturated carbocycles. The van der Waals surface area contributed by atoms with Crippen molar-refractivity contribution in [1.82, 2.24) is 4.90 Å². The first-order valence-electron chi connectivity index (χ1n) is 7.17. The number of phenols is 1. The summed E-state index contributed by atoms with van der Waals surface area (Å²) in [7, 11) is 2.10. The maximum Gasteiger partial charge on any atom is 0.115 e. The largest absolute Gasteiger partial charge is 0.508 e. The Morgan fingerprint density at radius 2 is 2.16 bits per heavy atom. The van der Waals surface area contributed by atoms with Crippen LogP contribution < -0.4 is 0 Å². The number of benzene rings is 1. The molecule has 104 valence electrons. The van der Waals surface area contributed by atoms with Crippen molar-refractivity contribution < 1.29 is 10.2 Å². The minimum Gasteiger partial charge on any atom is -0.508 e. The molecule has 1 aliphatic carbocycles. The van der Waals surface area contributed by atoms with Crippen molar-refractivity contribution in [1.29, 1.82) is 0 Å². The zero-order chi connectivity index (χ0) is 13.8. The van der Waals surface area contributed by atoms with Gasteiger partial charge in [-0.15, -0.1) is 0 Å². The molecular formula is C16H23NO2. The number of fused-ring (bicyclic) bond motifs is 4. The lowest BCUT2D eigenvalue weighted by Gasteiger charge is -2.60. The summed E-state index contributed by atoms with van der Waals surface area (Å²) in [4.78, 5) is 2.28. The highest BCUT2D eigenvalue weighted by atomic mass is 16.3. The maximum atomic E-state index is 11.2. The molecule has 1 fully saturated rings. The first-order chi connectivity index (χ1) is 8.92. The highest BCUT2D eigenvalue weighted by Gasteiger charge is 2.58. The van der Waals surface area contributed by atoms with Gasteiger partial charge in [-0.1, -0.05) is 13.0 Å². The van der Waals surface area contributed by atoms with Crippen LogP contribution in [0.15, 0.2) is 18.2 Å². The number of piperidine rings is 1. The molecule has 1 saturated heterocycles. The molecule has 1 heterocycles. The highest BCUT2D eigenvalue weighted by molar-refractivity contribution is 5.47. The van der Waals surface area contributed by atoms with Gasteiger partial charge < -0.3 is 15.1 Å². The number of phenolic OH excluding ortho intramolecular Hbond substituents is 1. The van der Waals surface area contributed by atoms with Crippen LogP contribution in [0.2, 0.25) is 0 Å². The van der Waals surface area contributed by atoms with Crippen LogP contribution in [0.1, 0.15) is 37.8 Å². The van der Waals surface area contributed by atoms with Crippen LogP contribution in [-0.4, -0.2) is 40.3 Å². The van der Waals surface area contributed by atoms with Gasteiger partial charge in [0.15, 0.2) is 0 Å². The quantitative estimate of drug-likeness (QED) is 0.813. The second-order valence-corrected chi connectivity index (χ2v) is 6.38. The van der Waals surface area contributed by atoms with Gasteiger partial charge in [-0.05, 0) is 63.0 Å². The third-order valence-electron chi connectivity index (χ3n) is 5.67. The van der Waals surface area contributed by atoms with Crippen LogP contribution in [0.25, 0.3) is 0 Å². The molecule has 1 aromatic carbocycles. The van der Waals surface area contributed by atoms with E-state index in [-0.39, 0.29) is 11.5 Å². The molecule has 3 atom stereocenters. The normalized spacial score (nSPS) is 38.0. The monoisotopic (exact) mass is 261 g/mol. The number of likely N-dealkylation sites (N-methyl/N-ethyl adjacent to an activating group) is 1. The van der Waals surface area contributed by atoms with E-state index in [0.717, 1.165) is 31.4 Å². The van der Waals surface area contributed by atoms with E-state index in [9.17, 15) is 10.2 Å². The molecular weight excluding hydrogens is 238 g/mol. The van der Waals surface area contributed by atoms with Crippen LogP contribution in [0.3, 0.4) is 0 Å². The number of likely N-dealkylation sites (tertiary alicyclic amines) is 1. The lowest BCUT2D eigenvalue weighted by molar-refractivity contribution is -0.129. The van der Waals surface area contributed by atoms with Crippen LogP contribution in [0, 0.1) is 0 Å². The Kier molecular flexibility index (Phi) is 2.70. The van der Waals surface area contributed by atoms with Gasteiger partial charge >= 0.3 is 0 Å². The summed E-state index contributed by atoms with van der Waals surface area (Å²) in [5, 5.41) is 21.0. The molecule has 2 aliphatic rings. The van der Waals surface area contributed by atoms with Gasteiger partial charge in [0.05, 0.1) is 5.60 Å². The summed E-state index contributed by atoms with van der Waals surface area (Å²) in [6.07, 6.45) is 2.71. The Labute approximate surface area is 114 Å². The molecule has 0 spiro atoms. The number of aliphatic hydroxyl groups is 1. The fraction of sp³-hybridized carbons (Fsp3) is 0.625. The van der Waals surface area contributed by atoms with Crippen molar-refractivity contribution in [2.24, 2.45) is 0 Å². The Hall–Kier alpha value is -1.06. The maximum absolute atomic E-state index is 11.2. The average Bonchev–Trinajstić information content (AvgIpc) is 2.35. The lowest BCUT2D eigenvalue weighted by Crippen LogP contribution is -2.69. The molecule has 2 N–H and O–H groups in total. The van der Waals surface area contributed by atoms with Crippen molar-refractivity contribution in [3.8, 4) is 5.75 Å². The molecule has 19 heavy (non-hydrogen) atoms. The van der Waals surface area contributed by atoms with Gasteiger partial charge in [-0.2, -0.15) is 0 Å². The van der Waals surface area contributed by atoms with E-state index in [2.05, 4.69) is 18.9 Å². The summed E-state index contributed by atoms with van der Waals surface area (Å²) in [5.41, 5.74) is 1.47. The fourth-order valence-corrected chi connectivity index (χ4v) is 4.41. The fourth-order valence-electron chi connectivity index (χ4n) is 4.41. The molecule has 3 heteroatoms. The molecule has 0 radical (unpaired) electrons. The van der Waals surface area contributed by atoms with Gasteiger partial charge in [0.25, 0.3) is 0 Å². The van der Waals surface area contributed by atoms with Gasteiger partial charge in [-0.25, -0.2) is 0 Å². The molecule has 2 bridgehead atoms. The van der Waals surface area contributed by atoms with E-state index in [0.29, 0.717) is 5.75 Å². The predicted molar refractivity (Wildman–Crippen MR) is 75.4 cm³/mol. The number of hydrogen-bond donors (Lipinski definition) is 2. The highest BCUT2D eigenvalue weighted by Crippen LogP contribution is 2.53. The molecule has 0 aromatic heterocycles. The standard InChI is InChI=1S/C16H23NO2/c1-4-16-7-8-17(3)14(15(16,2)19)9-11-5-6-12(18)10-13(11)16/h5-6,10,14,18-19H,4,7-9H2,1-3H3/t14-,15+,16-/m0/s1. The van der Waals surface area contributed by atoms with E-state index in [1.54, 1.807) is 6.07 Å². The van der Waals surface area contributed by atoms with Gasteiger partial charge in [0.1, 0.15) is 5.75 Å². The third kappa shape index (κ3) is 1.52. The Morgan fingerprint density at radius 3 is 2.84 bits per heavy atom. The third-order valence-corrected chi connectivity index (χ3v) is 5.67. The van der Waals surface area contributed by atoms with Gasteiger partial charge in [0.2, 0.25) is 0 Å². The summed E-state index contributed by atoms with van der Waals surface area (Å²) in [5.74, 6) is 0.305. The number of hydrogen-bond acceptors (Lipinski definition) is 3. The lowest BCUT2D eigenvalue weighted by atomic mass is 9.54. The van der Waals surface area contributed by atoms with Crippen LogP contribution >= 0.6 is 0 Å². The molecule has 0 amide bonds. The number of rotatable bonds is 1. The Morgan fingerprint density at radius 1 is 1.42 bits per heavy atom. The van der Waals surface area contributed by atoms with Crippen molar-refractivity contribution in [3.63, 3.8) is 0 Å². The summed E-state index contributed by atoms with van der Waals surface area (Å²) < 4.78 is 0. The van der Waals surface area contributed by atoms with Gasteiger partial charge in [-0.3, -0.25) is 0 Å². The van der Waals surface area contributed by atoms with Crippen LogP contribution in [0.5, 0.6) is 5.75 Å².